The number of nitrogens with one attached hydrogen (secondary N) is 2. The zero-order valence-electron chi connectivity index (χ0n) is 14.8. The van der Waals surface area contributed by atoms with Gasteiger partial charge >= 0.3 is 5.97 Å². The van der Waals surface area contributed by atoms with Crippen LogP contribution in [0.5, 0.6) is 0 Å². The lowest BCUT2D eigenvalue weighted by molar-refractivity contribution is -0.131. The summed E-state index contributed by atoms with van der Waals surface area (Å²) >= 11 is 5.94. The fraction of sp³-hybridized carbons (Fsp3) is 0.438. The summed E-state index contributed by atoms with van der Waals surface area (Å²) in [6.07, 6.45) is 1.51. The fourth-order valence-corrected chi connectivity index (χ4v) is 3.75. The summed E-state index contributed by atoms with van der Waals surface area (Å²) in [6.45, 7) is -0.829. The van der Waals surface area contributed by atoms with Gasteiger partial charge in [0.05, 0.1) is 17.1 Å². The van der Waals surface area contributed by atoms with Crippen molar-refractivity contribution in [3.8, 4) is 0 Å². The maximum atomic E-state index is 12.3. The largest absolute Gasteiger partial charge is 0.452 e. The molecule has 1 aromatic carbocycles. The molecule has 148 valence electrons. The number of sulfonamides is 1. The molecule has 1 aliphatic carbocycles. The topological polar surface area (TPSA) is 122 Å². The summed E-state index contributed by atoms with van der Waals surface area (Å²) in [5, 5.41) is 2.28. The SMILES string of the molecule is CN(C)C(=O)CNC(=O)COC(=O)c1ccc(Cl)c(S(=O)(=O)NC2CC2)c1. The number of rotatable bonds is 8. The maximum absolute atomic E-state index is 12.3. The molecular formula is C16H20ClN3O6S. The van der Waals surface area contributed by atoms with E-state index >= 15 is 0 Å². The highest BCUT2D eigenvalue weighted by atomic mass is 35.5. The summed E-state index contributed by atoms with van der Waals surface area (Å²) < 4.78 is 31.9. The van der Waals surface area contributed by atoms with Crippen molar-refractivity contribution >= 4 is 39.4 Å². The minimum absolute atomic E-state index is 0.0281. The van der Waals surface area contributed by atoms with Gasteiger partial charge in [-0.1, -0.05) is 11.6 Å². The van der Waals surface area contributed by atoms with Crippen LogP contribution in [0.15, 0.2) is 23.1 Å². The number of carbonyl (C=O) groups is 3. The van der Waals surface area contributed by atoms with Gasteiger partial charge in [-0.3, -0.25) is 9.59 Å². The molecule has 0 bridgehead atoms. The Morgan fingerprint density at radius 2 is 1.93 bits per heavy atom. The van der Waals surface area contributed by atoms with Crippen LogP contribution in [0.3, 0.4) is 0 Å². The van der Waals surface area contributed by atoms with E-state index in [9.17, 15) is 22.8 Å². The van der Waals surface area contributed by atoms with Gasteiger partial charge in [0.1, 0.15) is 4.90 Å². The van der Waals surface area contributed by atoms with E-state index in [0.29, 0.717) is 0 Å². The van der Waals surface area contributed by atoms with E-state index in [4.69, 9.17) is 16.3 Å². The lowest BCUT2D eigenvalue weighted by Crippen LogP contribution is -2.38. The third kappa shape index (κ3) is 6.19. The monoisotopic (exact) mass is 417 g/mol. The van der Waals surface area contributed by atoms with E-state index in [1.807, 2.05) is 0 Å². The summed E-state index contributed by atoms with van der Waals surface area (Å²) in [4.78, 5) is 36.2. The van der Waals surface area contributed by atoms with Crippen LogP contribution in [0.1, 0.15) is 23.2 Å². The van der Waals surface area contributed by atoms with E-state index < -0.39 is 28.5 Å². The lowest BCUT2D eigenvalue weighted by Gasteiger charge is -2.11. The Hall–Kier alpha value is -2.17. The minimum Gasteiger partial charge on any atom is -0.452 e. The number of ether oxygens (including phenoxy) is 1. The Morgan fingerprint density at radius 3 is 2.52 bits per heavy atom. The Labute approximate surface area is 162 Å². The Morgan fingerprint density at radius 1 is 1.26 bits per heavy atom. The summed E-state index contributed by atoms with van der Waals surface area (Å²) in [7, 11) is -0.772. The third-order valence-corrected chi connectivity index (χ3v) is 5.63. The van der Waals surface area contributed by atoms with E-state index in [1.165, 1.54) is 17.0 Å². The number of carbonyl (C=O) groups excluding carboxylic acids is 3. The second-order valence-corrected chi connectivity index (χ2v) is 8.27. The predicted octanol–water partition coefficient (Wildman–Crippen LogP) is 0.142. The first-order valence-corrected chi connectivity index (χ1v) is 9.92. The van der Waals surface area contributed by atoms with Gasteiger partial charge in [0.15, 0.2) is 6.61 Å². The number of amides is 2. The van der Waals surface area contributed by atoms with E-state index in [2.05, 4.69) is 10.0 Å². The van der Waals surface area contributed by atoms with Crippen molar-refractivity contribution in [2.45, 2.75) is 23.8 Å². The average molecular weight is 418 g/mol. The van der Waals surface area contributed by atoms with E-state index in [1.54, 1.807) is 14.1 Å². The van der Waals surface area contributed by atoms with Gasteiger partial charge in [0.2, 0.25) is 15.9 Å². The van der Waals surface area contributed by atoms with Crippen LogP contribution in [0.4, 0.5) is 0 Å². The molecule has 0 unspecified atom stereocenters. The number of hydrogen-bond donors (Lipinski definition) is 2. The molecule has 0 radical (unpaired) electrons. The molecule has 2 N–H and O–H groups in total. The van der Waals surface area contributed by atoms with Crippen molar-refractivity contribution in [1.29, 1.82) is 0 Å². The maximum Gasteiger partial charge on any atom is 0.338 e. The second kappa shape index (κ2) is 8.68. The van der Waals surface area contributed by atoms with E-state index in [0.717, 1.165) is 18.9 Å². The van der Waals surface area contributed by atoms with Crippen molar-refractivity contribution in [3.63, 3.8) is 0 Å². The number of esters is 1. The minimum atomic E-state index is -3.85. The summed E-state index contributed by atoms with van der Waals surface area (Å²) in [6, 6.07) is 3.56. The highest BCUT2D eigenvalue weighted by Crippen LogP contribution is 2.27. The van der Waals surface area contributed by atoms with Crippen molar-refractivity contribution in [2.75, 3.05) is 27.2 Å². The fourth-order valence-electron chi connectivity index (χ4n) is 1.92. The highest BCUT2D eigenvalue weighted by Gasteiger charge is 2.29. The summed E-state index contributed by atoms with van der Waals surface area (Å²) in [5.74, 6) is -1.86. The van der Waals surface area contributed by atoms with Crippen molar-refractivity contribution in [2.24, 2.45) is 0 Å². The number of halogens is 1. The first kappa shape index (κ1) is 21.1. The van der Waals surface area contributed by atoms with Crippen molar-refractivity contribution in [1.82, 2.24) is 14.9 Å². The molecule has 0 saturated heterocycles. The number of benzene rings is 1. The number of likely N-dealkylation sites (N-methyl/N-ethyl adjacent to an activating group) is 1. The van der Waals surface area contributed by atoms with Gasteiger partial charge in [-0.05, 0) is 31.0 Å². The first-order valence-electron chi connectivity index (χ1n) is 8.06. The molecule has 2 rings (SSSR count). The Kier molecular flexibility index (Phi) is 6.79. The van der Waals surface area contributed by atoms with Crippen molar-refractivity contribution in [3.05, 3.63) is 28.8 Å². The average Bonchev–Trinajstić information content (AvgIpc) is 3.40. The molecule has 2 amide bonds. The van der Waals surface area contributed by atoms with Gasteiger partial charge in [-0.15, -0.1) is 0 Å². The first-order chi connectivity index (χ1) is 12.6. The Balaban J connectivity index is 1.97. The molecule has 0 spiro atoms. The molecule has 27 heavy (non-hydrogen) atoms. The van der Waals surface area contributed by atoms with Gasteiger partial charge in [-0.25, -0.2) is 17.9 Å². The van der Waals surface area contributed by atoms with Gasteiger partial charge < -0.3 is 15.0 Å². The molecule has 0 heterocycles. The zero-order chi connectivity index (χ0) is 20.2. The standard InChI is InChI=1S/C16H20ClN3O6S/c1-20(2)15(22)8-18-14(21)9-26-16(23)10-3-6-12(17)13(7-10)27(24,25)19-11-4-5-11/h3,6-7,11,19H,4-5,8-9H2,1-2H3,(H,18,21). The lowest BCUT2D eigenvalue weighted by atomic mass is 10.2. The molecule has 1 aliphatic rings. The molecule has 0 aliphatic heterocycles. The summed E-state index contributed by atoms with van der Waals surface area (Å²) in [5.41, 5.74) is -0.0623. The molecule has 11 heteroatoms. The molecule has 0 aromatic heterocycles. The smallest absolute Gasteiger partial charge is 0.338 e. The van der Waals surface area contributed by atoms with Crippen LogP contribution in [0.2, 0.25) is 5.02 Å². The third-order valence-electron chi connectivity index (χ3n) is 3.63. The van der Waals surface area contributed by atoms with Crippen LogP contribution < -0.4 is 10.0 Å². The Bertz CT molecular complexity index is 852. The molecule has 1 fully saturated rings. The molecule has 1 aromatic rings. The number of hydrogen-bond acceptors (Lipinski definition) is 6. The predicted molar refractivity (Wildman–Crippen MR) is 96.8 cm³/mol. The van der Waals surface area contributed by atoms with Crippen LogP contribution in [0.25, 0.3) is 0 Å². The molecular weight excluding hydrogens is 398 g/mol. The quantitative estimate of drug-likeness (QED) is 0.580. The highest BCUT2D eigenvalue weighted by molar-refractivity contribution is 7.89. The number of nitrogens with zero attached hydrogens (tertiary/aromatic N) is 1. The van der Waals surface area contributed by atoms with Crippen LogP contribution >= 0.6 is 11.6 Å². The molecule has 1 saturated carbocycles. The molecule has 0 atom stereocenters. The zero-order valence-corrected chi connectivity index (χ0v) is 16.4. The van der Waals surface area contributed by atoms with Gasteiger partial charge in [0.25, 0.3) is 5.91 Å². The van der Waals surface area contributed by atoms with Crippen LogP contribution in [0, 0.1) is 0 Å². The normalized spacial score (nSPS) is 13.7. The van der Waals surface area contributed by atoms with E-state index in [-0.39, 0.29) is 34.0 Å². The van der Waals surface area contributed by atoms with Crippen LogP contribution in [-0.2, 0) is 24.3 Å². The second-order valence-electron chi connectivity index (χ2n) is 6.18. The van der Waals surface area contributed by atoms with Gasteiger partial charge in [0, 0.05) is 20.1 Å². The van der Waals surface area contributed by atoms with Crippen molar-refractivity contribution < 1.29 is 27.5 Å². The van der Waals surface area contributed by atoms with Gasteiger partial charge in [-0.2, -0.15) is 0 Å². The van der Waals surface area contributed by atoms with Crippen LogP contribution in [-0.4, -0.2) is 64.4 Å². The molecule has 9 nitrogen and oxygen atoms in total.